The molecular formula is C14H22N2OS. The van der Waals surface area contributed by atoms with Crippen LogP contribution in [0.5, 0.6) is 5.75 Å². The first kappa shape index (κ1) is 14.9. The lowest BCUT2D eigenvalue weighted by atomic mass is 10.1. The first-order valence-electron chi connectivity index (χ1n) is 6.56. The standard InChI is InChI=1S/C14H22N2OS/c1-3-4-5-6-7-11(2)17-12-8-9-16-13(10-12)14(15)18/h8-11H,3-7H2,1-2H3,(H2,15,18). The highest BCUT2D eigenvalue weighted by atomic mass is 32.1. The minimum absolute atomic E-state index is 0.212. The second-order valence-corrected chi connectivity index (χ2v) is 4.96. The van der Waals surface area contributed by atoms with Crippen molar-refractivity contribution in [1.29, 1.82) is 0 Å². The molecule has 0 aliphatic rings. The number of thiocarbonyl (C=S) groups is 1. The number of ether oxygens (including phenoxy) is 1. The lowest BCUT2D eigenvalue weighted by Gasteiger charge is -2.14. The average molecular weight is 266 g/mol. The second kappa shape index (κ2) is 8.03. The van der Waals surface area contributed by atoms with E-state index in [9.17, 15) is 0 Å². The van der Waals surface area contributed by atoms with Crippen LogP contribution in [0.3, 0.4) is 0 Å². The van der Waals surface area contributed by atoms with E-state index in [1.165, 1.54) is 25.7 Å². The molecule has 1 heterocycles. The van der Waals surface area contributed by atoms with E-state index in [1.807, 2.05) is 6.07 Å². The SMILES string of the molecule is CCCCCCC(C)Oc1ccnc(C(N)=S)c1. The van der Waals surface area contributed by atoms with Gasteiger partial charge in [0.1, 0.15) is 16.4 Å². The maximum atomic E-state index is 5.83. The molecule has 0 saturated heterocycles. The zero-order valence-corrected chi connectivity index (χ0v) is 12.0. The predicted octanol–water partition coefficient (Wildman–Crippen LogP) is 3.45. The first-order valence-corrected chi connectivity index (χ1v) is 6.96. The Morgan fingerprint density at radius 1 is 1.44 bits per heavy atom. The third-order valence-corrected chi connectivity index (χ3v) is 2.99. The third-order valence-electron chi connectivity index (χ3n) is 2.79. The molecule has 2 N–H and O–H groups in total. The van der Waals surface area contributed by atoms with E-state index in [0.717, 1.165) is 12.2 Å². The Balaban J connectivity index is 2.41. The van der Waals surface area contributed by atoms with Gasteiger partial charge in [-0.1, -0.05) is 38.4 Å². The summed E-state index contributed by atoms with van der Waals surface area (Å²) in [4.78, 5) is 4.39. The van der Waals surface area contributed by atoms with Gasteiger partial charge in [-0.25, -0.2) is 0 Å². The van der Waals surface area contributed by atoms with Crippen LogP contribution in [-0.4, -0.2) is 16.1 Å². The van der Waals surface area contributed by atoms with Gasteiger partial charge >= 0.3 is 0 Å². The first-order chi connectivity index (χ1) is 8.63. The number of nitrogens with two attached hydrogens (primary N) is 1. The predicted molar refractivity (Wildman–Crippen MR) is 79.0 cm³/mol. The van der Waals surface area contributed by atoms with E-state index < -0.39 is 0 Å². The van der Waals surface area contributed by atoms with Gasteiger partial charge in [0.15, 0.2) is 0 Å². The number of rotatable bonds is 8. The molecule has 0 spiro atoms. The molecule has 0 aliphatic carbocycles. The summed E-state index contributed by atoms with van der Waals surface area (Å²) < 4.78 is 5.83. The Morgan fingerprint density at radius 2 is 2.22 bits per heavy atom. The molecule has 0 aromatic carbocycles. The Kier molecular flexibility index (Phi) is 6.65. The molecule has 0 bridgehead atoms. The Morgan fingerprint density at radius 3 is 2.89 bits per heavy atom. The zero-order valence-electron chi connectivity index (χ0n) is 11.2. The van der Waals surface area contributed by atoms with Crippen molar-refractivity contribution in [3.63, 3.8) is 0 Å². The van der Waals surface area contributed by atoms with Crippen LogP contribution < -0.4 is 10.5 Å². The van der Waals surface area contributed by atoms with Crippen molar-refractivity contribution < 1.29 is 4.74 Å². The highest BCUT2D eigenvalue weighted by Gasteiger charge is 2.06. The van der Waals surface area contributed by atoms with Gasteiger partial charge in [0.2, 0.25) is 0 Å². The molecule has 1 rings (SSSR count). The number of pyridine rings is 1. The van der Waals surface area contributed by atoms with E-state index >= 15 is 0 Å². The highest BCUT2D eigenvalue weighted by molar-refractivity contribution is 7.80. The molecule has 4 heteroatoms. The van der Waals surface area contributed by atoms with Crippen LogP contribution in [-0.2, 0) is 0 Å². The minimum Gasteiger partial charge on any atom is -0.491 e. The fourth-order valence-electron chi connectivity index (χ4n) is 1.77. The topological polar surface area (TPSA) is 48.1 Å². The Hall–Kier alpha value is -1.16. The fourth-order valence-corrected chi connectivity index (χ4v) is 1.88. The molecule has 100 valence electrons. The number of unbranched alkanes of at least 4 members (excludes halogenated alkanes) is 3. The molecule has 0 radical (unpaired) electrons. The quantitative estimate of drug-likeness (QED) is 0.578. The van der Waals surface area contributed by atoms with Gasteiger partial charge in [-0.3, -0.25) is 4.98 Å². The van der Waals surface area contributed by atoms with Gasteiger partial charge in [-0.2, -0.15) is 0 Å². The molecule has 1 aromatic heterocycles. The van der Waals surface area contributed by atoms with E-state index in [-0.39, 0.29) is 6.10 Å². The van der Waals surface area contributed by atoms with Gasteiger partial charge in [0.05, 0.1) is 6.10 Å². The van der Waals surface area contributed by atoms with E-state index in [4.69, 9.17) is 22.7 Å². The summed E-state index contributed by atoms with van der Waals surface area (Å²) >= 11 is 4.89. The largest absolute Gasteiger partial charge is 0.491 e. The second-order valence-electron chi connectivity index (χ2n) is 4.52. The summed E-state index contributed by atoms with van der Waals surface area (Å²) in [5.74, 6) is 0.788. The van der Waals surface area contributed by atoms with Crippen LogP contribution in [0.2, 0.25) is 0 Å². The van der Waals surface area contributed by atoms with E-state index in [0.29, 0.717) is 10.7 Å². The zero-order chi connectivity index (χ0) is 13.4. The monoisotopic (exact) mass is 266 g/mol. The number of nitrogens with zero attached hydrogens (tertiary/aromatic N) is 1. The van der Waals surface area contributed by atoms with Crippen molar-refractivity contribution in [2.75, 3.05) is 0 Å². The summed E-state index contributed by atoms with van der Waals surface area (Å²) in [5, 5.41) is 0. The maximum absolute atomic E-state index is 5.83. The van der Waals surface area contributed by atoms with Crippen LogP contribution in [0.25, 0.3) is 0 Å². The van der Waals surface area contributed by atoms with Crippen LogP contribution in [0, 0.1) is 0 Å². The molecule has 0 saturated carbocycles. The molecular weight excluding hydrogens is 244 g/mol. The van der Waals surface area contributed by atoms with Crippen LogP contribution in [0.15, 0.2) is 18.3 Å². The molecule has 0 aliphatic heterocycles. The van der Waals surface area contributed by atoms with Gasteiger partial charge in [-0.05, 0) is 25.8 Å². The summed E-state index contributed by atoms with van der Waals surface area (Å²) in [6.07, 6.45) is 8.01. The van der Waals surface area contributed by atoms with Crippen molar-refractivity contribution in [3.05, 3.63) is 24.0 Å². The average Bonchev–Trinajstić information content (AvgIpc) is 2.35. The Labute approximate surface area is 115 Å². The van der Waals surface area contributed by atoms with Crippen LogP contribution >= 0.6 is 12.2 Å². The van der Waals surface area contributed by atoms with E-state index in [1.54, 1.807) is 12.3 Å². The molecule has 1 aromatic rings. The fraction of sp³-hybridized carbons (Fsp3) is 0.571. The Bertz CT molecular complexity index is 382. The van der Waals surface area contributed by atoms with Crippen molar-refractivity contribution in [3.8, 4) is 5.75 Å². The molecule has 1 atom stereocenters. The van der Waals surface area contributed by atoms with Gasteiger partial charge in [0.25, 0.3) is 0 Å². The molecule has 0 fully saturated rings. The van der Waals surface area contributed by atoms with Crippen molar-refractivity contribution >= 4 is 17.2 Å². The van der Waals surface area contributed by atoms with Gasteiger partial charge in [0, 0.05) is 12.3 Å². The van der Waals surface area contributed by atoms with Gasteiger partial charge < -0.3 is 10.5 Å². The van der Waals surface area contributed by atoms with E-state index in [2.05, 4.69) is 18.8 Å². The number of aromatic nitrogens is 1. The molecule has 1 unspecified atom stereocenters. The molecule has 0 amide bonds. The van der Waals surface area contributed by atoms with Crippen molar-refractivity contribution in [2.24, 2.45) is 5.73 Å². The van der Waals surface area contributed by atoms with Crippen molar-refractivity contribution in [2.45, 2.75) is 52.1 Å². The minimum atomic E-state index is 0.212. The third kappa shape index (κ3) is 5.45. The lowest BCUT2D eigenvalue weighted by Crippen LogP contribution is -2.14. The lowest BCUT2D eigenvalue weighted by molar-refractivity contribution is 0.206. The number of hydrogen-bond acceptors (Lipinski definition) is 3. The highest BCUT2D eigenvalue weighted by Crippen LogP contribution is 2.15. The van der Waals surface area contributed by atoms with Crippen molar-refractivity contribution in [1.82, 2.24) is 4.98 Å². The molecule has 3 nitrogen and oxygen atoms in total. The van der Waals surface area contributed by atoms with Gasteiger partial charge in [-0.15, -0.1) is 0 Å². The number of hydrogen-bond donors (Lipinski definition) is 1. The normalized spacial score (nSPS) is 12.1. The summed E-state index contributed by atoms with van der Waals surface area (Å²) in [6.45, 7) is 4.31. The molecule has 18 heavy (non-hydrogen) atoms. The smallest absolute Gasteiger partial charge is 0.123 e. The van der Waals surface area contributed by atoms with Crippen LogP contribution in [0.1, 0.15) is 51.6 Å². The summed E-state index contributed by atoms with van der Waals surface area (Å²) in [6, 6.07) is 3.63. The van der Waals surface area contributed by atoms with Crippen LogP contribution in [0.4, 0.5) is 0 Å². The maximum Gasteiger partial charge on any atom is 0.123 e. The summed E-state index contributed by atoms with van der Waals surface area (Å²) in [5.41, 5.74) is 6.15. The summed E-state index contributed by atoms with van der Waals surface area (Å²) in [7, 11) is 0.